The normalized spacial score (nSPS) is 26.3. The minimum absolute atomic E-state index is 0.00175. The van der Waals surface area contributed by atoms with Crippen LogP contribution in [0.5, 0.6) is 0 Å². The Labute approximate surface area is 154 Å². The fourth-order valence-electron chi connectivity index (χ4n) is 4.37. The second-order valence-electron chi connectivity index (χ2n) is 7.99. The number of rotatable bonds is 2. The fourth-order valence-corrected chi connectivity index (χ4v) is 4.37. The lowest BCUT2D eigenvalue weighted by molar-refractivity contribution is -0.0882. The third-order valence-electron chi connectivity index (χ3n) is 6.13. The van der Waals surface area contributed by atoms with Crippen LogP contribution < -0.4 is 0 Å². The smallest absolute Gasteiger partial charge is 0.290 e. The second kappa shape index (κ2) is 6.71. The van der Waals surface area contributed by atoms with Crippen LogP contribution in [0.2, 0.25) is 0 Å². The van der Waals surface area contributed by atoms with Gasteiger partial charge in [-0.25, -0.2) is 0 Å². The summed E-state index contributed by atoms with van der Waals surface area (Å²) in [6.07, 6.45) is 3.19. The predicted octanol–water partition coefficient (Wildman–Crippen LogP) is 3.37. The van der Waals surface area contributed by atoms with Crippen molar-refractivity contribution in [3.8, 4) is 0 Å². The first-order valence-corrected chi connectivity index (χ1v) is 9.54. The van der Waals surface area contributed by atoms with Gasteiger partial charge in [0.1, 0.15) is 5.58 Å². The molecular formula is C21H28N2O3. The number of carbonyl (C=O) groups excluding carboxylic acids is 1. The van der Waals surface area contributed by atoms with Crippen LogP contribution in [-0.2, 0) is 4.74 Å². The van der Waals surface area contributed by atoms with Gasteiger partial charge in [0.15, 0.2) is 5.76 Å². The van der Waals surface area contributed by atoms with Crippen LogP contribution in [0.4, 0.5) is 0 Å². The van der Waals surface area contributed by atoms with Gasteiger partial charge in [0, 0.05) is 18.0 Å². The zero-order valence-electron chi connectivity index (χ0n) is 16.1. The topological polar surface area (TPSA) is 45.9 Å². The van der Waals surface area contributed by atoms with E-state index in [9.17, 15) is 4.79 Å². The number of ether oxygens (including phenoxy) is 1. The number of hydrogen-bond donors (Lipinski definition) is 0. The van der Waals surface area contributed by atoms with Crippen LogP contribution in [0.15, 0.2) is 22.6 Å². The molecule has 0 bridgehead atoms. The molecule has 26 heavy (non-hydrogen) atoms. The van der Waals surface area contributed by atoms with Crippen LogP contribution in [0, 0.1) is 13.8 Å². The molecule has 2 heterocycles. The Kier molecular flexibility index (Phi) is 4.53. The van der Waals surface area contributed by atoms with Crippen molar-refractivity contribution in [3.05, 3.63) is 35.1 Å². The van der Waals surface area contributed by atoms with E-state index in [1.54, 1.807) is 0 Å². The molecule has 1 aromatic heterocycles. The largest absolute Gasteiger partial charge is 0.451 e. The van der Waals surface area contributed by atoms with Gasteiger partial charge in [0.2, 0.25) is 0 Å². The van der Waals surface area contributed by atoms with Gasteiger partial charge in [-0.15, -0.1) is 0 Å². The van der Waals surface area contributed by atoms with Gasteiger partial charge in [0.05, 0.1) is 18.8 Å². The summed E-state index contributed by atoms with van der Waals surface area (Å²) in [5, 5.41) is 0.998. The van der Waals surface area contributed by atoms with E-state index in [1.165, 1.54) is 11.1 Å². The van der Waals surface area contributed by atoms with E-state index < -0.39 is 0 Å². The Morgan fingerprint density at radius 1 is 1.15 bits per heavy atom. The molecule has 2 aliphatic rings. The molecule has 1 saturated carbocycles. The minimum Gasteiger partial charge on any atom is -0.451 e. The third kappa shape index (κ3) is 3.03. The zero-order chi connectivity index (χ0) is 18.4. The predicted molar refractivity (Wildman–Crippen MR) is 102 cm³/mol. The van der Waals surface area contributed by atoms with E-state index in [0.29, 0.717) is 25.0 Å². The summed E-state index contributed by atoms with van der Waals surface area (Å²) in [5.74, 6) is 0.443. The summed E-state index contributed by atoms with van der Waals surface area (Å²) in [6.45, 7) is 5.39. The second-order valence-corrected chi connectivity index (χ2v) is 7.99. The molecule has 2 aromatic rings. The van der Waals surface area contributed by atoms with Gasteiger partial charge in [0.25, 0.3) is 5.91 Å². The highest BCUT2D eigenvalue weighted by atomic mass is 16.5. The van der Waals surface area contributed by atoms with Gasteiger partial charge < -0.3 is 19.0 Å². The van der Waals surface area contributed by atoms with Crippen molar-refractivity contribution in [2.45, 2.75) is 51.3 Å². The molecule has 4 rings (SSSR count). The monoisotopic (exact) mass is 356 g/mol. The van der Waals surface area contributed by atoms with Crippen LogP contribution >= 0.6 is 0 Å². The average Bonchev–Trinajstić information content (AvgIpc) is 3.03. The molecule has 1 aromatic carbocycles. The molecule has 5 nitrogen and oxygen atoms in total. The summed E-state index contributed by atoms with van der Waals surface area (Å²) < 4.78 is 11.9. The summed E-state index contributed by atoms with van der Waals surface area (Å²) >= 11 is 0. The van der Waals surface area contributed by atoms with Gasteiger partial charge in [-0.1, -0.05) is 0 Å². The summed E-state index contributed by atoms with van der Waals surface area (Å²) in [4.78, 5) is 17.4. The molecule has 140 valence electrons. The quantitative estimate of drug-likeness (QED) is 0.828. The van der Waals surface area contributed by atoms with Crippen molar-refractivity contribution in [1.82, 2.24) is 9.80 Å². The first-order chi connectivity index (χ1) is 12.4. The average molecular weight is 356 g/mol. The Balaban J connectivity index is 1.58. The summed E-state index contributed by atoms with van der Waals surface area (Å²) in [5.41, 5.74) is 3.18. The minimum atomic E-state index is -0.00175. The number of benzene rings is 1. The first-order valence-electron chi connectivity index (χ1n) is 9.54. The fraction of sp³-hybridized carbons (Fsp3) is 0.571. The maximum absolute atomic E-state index is 13.2. The first kappa shape index (κ1) is 17.6. The molecule has 0 spiro atoms. The molecule has 5 heteroatoms. The van der Waals surface area contributed by atoms with Crippen molar-refractivity contribution in [3.63, 3.8) is 0 Å². The summed E-state index contributed by atoms with van der Waals surface area (Å²) in [6, 6.07) is 6.69. The molecule has 3 unspecified atom stereocenters. The van der Waals surface area contributed by atoms with E-state index in [1.807, 2.05) is 17.0 Å². The zero-order valence-corrected chi connectivity index (χ0v) is 16.1. The Hall–Kier alpha value is -1.85. The van der Waals surface area contributed by atoms with Gasteiger partial charge in [-0.05, 0) is 76.5 Å². The van der Waals surface area contributed by atoms with E-state index in [4.69, 9.17) is 9.15 Å². The van der Waals surface area contributed by atoms with E-state index in [2.05, 4.69) is 38.9 Å². The molecule has 1 saturated heterocycles. The maximum Gasteiger partial charge on any atom is 0.290 e. The lowest BCUT2D eigenvalue weighted by Crippen LogP contribution is -2.57. The molecule has 3 atom stereocenters. The van der Waals surface area contributed by atoms with E-state index in [0.717, 1.165) is 30.2 Å². The van der Waals surface area contributed by atoms with Crippen LogP contribution in [0.25, 0.3) is 11.0 Å². The maximum atomic E-state index is 13.2. The number of furan rings is 1. The number of aryl methyl sites for hydroxylation is 2. The SMILES string of the molecule is Cc1cc2cc(C(=O)N3CCOC4CC(N(C)C)CCC43)oc2cc1C. The van der Waals surface area contributed by atoms with Crippen molar-refractivity contribution in [1.29, 1.82) is 0 Å². The lowest BCUT2D eigenvalue weighted by Gasteiger charge is -2.46. The van der Waals surface area contributed by atoms with Gasteiger partial charge >= 0.3 is 0 Å². The Morgan fingerprint density at radius 3 is 2.69 bits per heavy atom. The standard InChI is InChI=1S/C21H28N2O3/c1-13-9-15-11-20(26-18(15)10-14(13)2)21(24)23-7-8-25-19-12-16(22(3)4)5-6-17(19)23/h9-11,16-17,19H,5-8,12H2,1-4H3. The number of morpholine rings is 1. The van der Waals surface area contributed by atoms with Gasteiger partial charge in [-0.3, -0.25) is 4.79 Å². The Bertz CT molecular complexity index is 787. The number of hydrogen-bond acceptors (Lipinski definition) is 4. The highest BCUT2D eigenvalue weighted by Crippen LogP contribution is 2.32. The number of amides is 1. The molecule has 1 amide bonds. The molecular weight excluding hydrogens is 328 g/mol. The molecule has 1 aliphatic heterocycles. The molecule has 0 N–H and O–H groups in total. The highest BCUT2D eigenvalue weighted by Gasteiger charge is 2.41. The van der Waals surface area contributed by atoms with E-state index >= 15 is 0 Å². The number of nitrogens with zero attached hydrogens (tertiary/aromatic N) is 2. The van der Waals surface area contributed by atoms with Crippen LogP contribution in [0.3, 0.4) is 0 Å². The van der Waals surface area contributed by atoms with Crippen LogP contribution in [-0.4, -0.2) is 61.1 Å². The molecule has 0 radical (unpaired) electrons. The van der Waals surface area contributed by atoms with Gasteiger partial charge in [-0.2, -0.15) is 0 Å². The Morgan fingerprint density at radius 2 is 1.92 bits per heavy atom. The lowest BCUT2D eigenvalue weighted by atomic mass is 9.86. The van der Waals surface area contributed by atoms with Crippen molar-refractivity contribution >= 4 is 16.9 Å². The van der Waals surface area contributed by atoms with Crippen molar-refractivity contribution in [2.75, 3.05) is 27.2 Å². The number of fused-ring (bicyclic) bond motifs is 2. The van der Waals surface area contributed by atoms with Crippen molar-refractivity contribution in [2.24, 2.45) is 0 Å². The third-order valence-corrected chi connectivity index (χ3v) is 6.13. The van der Waals surface area contributed by atoms with Crippen LogP contribution in [0.1, 0.15) is 40.9 Å². The molecule has 2 fully saturated rings. The highest BCUT2D eigenvalue weighted by molar-refractivity contribution is 5.96. The summed E-state index contributed by atoms with van der Waals surface area (Å²) in [7, 11) is 4.24. The number of carbonyl (C=O) groups is 1. The molecule has 1 aliphatic carbocycles. The van der Waals surface area contributed by atoms with E-state index in [-0.39, 0.29) is 18.1 Å². The van der Waals surface area contributed by atoms with Crippen molar-refractivity contribution < 1.29 is 13.9 Å².